The Balaban J connectivity index is 2.09. The lowest BCUT2D eigenvalue weighted by Crippen LogP contribution is -2.42. The van der Waals surface area contributed by atoms with Crippen molar-refractivity contribution >= 4 is 23.5 Å². The molecule has 1 aromatic carbocycles. The van der Waals surface area contributed by atoms with E-state index < -0.39 is 17.9 Å². The molecule has 1 heterocycles. The number of aliphatic carboxylic acids is 1. The number of carbonyl (C=O) groups excluding carboxylic acids is 1. The summed E-state index contributed by atoms with van der Waals surface area (Å²) < 4.78 is 0. The third kappa shape index (κ3) is 4.53. The molecule has 2 N–H and O–H groups in total. The number of halogens is 1. The van der Waals surface area contributed by atoms with Gasteiger partial charge in [-0.05, 0) is 35.9 Å². The molecule has 0 unspecified atom stereocenters. The van der Waals surface area contributed by atoms with Gasteiger partial charge in [-0.25, -0.2) is 9.78 Å². The van der Waals surface area contributed by atoms with Gasteiger partial charge in [-0.1, -0.05) is 17.7 Å². The average Bonchev–Trinajstić information content (AvgIpc) is 2.56. The van der Waals surface area contributed by atoms with Crippen LogP contribution in [-0.2, 0) is 11.2 Å². The zero-order valence-electron chi connectivity index (χ0n) is 11.9. The van der Waals surface area contributed by atoms with E-state index in [-0.39, 0.29) is 12.0 Å². The van der Waals surface area contributed by atoms with E-state index in [1.807, 2.05) is 6.07 Å². The maximum absolute atomic E-state index is 12.1. The van der Waals surface area contributed by atoms with E-state index in [0.29, 0.717) is 16.3 Å². The molecule has 0 aliphatic heterocycles. The number of pyridine rings is 1. The van der Waals surface area contributed by atoms with Crippen molar-refractivity contribution in [2.75, 3.05) is 0 Å². The van der Waals surface area contributed by atoms with Crippen molar-refractivity contribution in [1.82, 2.24) is 10.3 Å². The highest BCUT2D eigenvalue weighted by molar-refractivity contribution is 6.29. The number of nitrogens with zero attached hydrogens (tertiary/aromatic N) is 2. The fourth-order valence-corrected chi connectivity index (χ4v) is 2.01. The summed E-state index contributed by atoms with van der Waals surface area (Å²) in [6.45, 7) is 0. The van der Waals surface area contributed by atoms with Crippen LogP contribution < -0.4 is 5.32 Å². The molecule has 23 heavy (non-hydrogen) atoms. The van der Waals surface area contributed by atoms with Crippen molar-refractivity contribution in [2.45, 2.75) is 12.5 Å². The standard InChI is InChI=1S/C16H12ClN3O3/c17-14-6-3-11(9-19-14)7-13(16(22)23)20-15(21)12-4-1-10(8-18)2-5-12/h1-6,9,13H,7H2,(H,20,21)(H,22,23)/t13-/m1/s1. The van der Waals surface area contributed by atoms with Crippen LogP contribution in [-0.4, -0.2) is 28.0 Å². The van der Waals surface area contributed by atoms with Crippen molar-refractivity contribution in [3.05, 3.63) is 64.4 Å². The highest BCUT2D eigenvalue weighted by Gasteiger charge is 2.21. The van der Waals surface area contributed by atoms with Gasteiger partial charge in [0.2, 0.25) is 0 Å². The van der Waals surface area contributed by atoms with Crippen LogP contribution in [0.25, 0.3) is 0 Å². The van der Waals surface area contributed by atoms with E-state index in [2.05, 4.69) is 10.3 Å². The second-order valence-corrected chi connectivity index (χ2v) is 5.13. The van der Waals surface area contributed by atoms with Gasteiger partial charge in [0.1, 0.15) is 11.2 Å². The second-order valence-electron chi connectivity index (χ2n) is 4.75. The number of carboxylic acid groups (broad SMARTS) is 1. The quantitative estimate of drug-likeness (QED) is 0.817. The minimum absolute atomic E-state index is 0.0848. The number of hydrogen-bond acceptors (Lipinski definition) is 4. The first-order valence-electron chi connectivity index (χ1n) is 6.64. The van der Waals surface area contributed by atoms with Gasteiger partial charge >= 0.3 is 5.97 Å². The van der Waals surface area contributed by atoms with Crippen molar-refractivity contribution < 1.29 is 14.7 Å². The van der Waals surface area contributed by atoms with Gasteiger partial charge in [0, 0.05) is 18.2 Å². The van der Waals surface area contributed by atoms with E-state index in [1.54, 1.807) is 12.1 Å². The lowest BCUT2D eigenvalue weighted by Gasteiger charge is -2.14. The molecule has 0 saturated carbocycles. The summed E-state index contributed by atoms with van der Waals surface area (Å²) in [5.41, 5.74) is 1.34. The minimum atomic E-state index is -1.15. The molecule has 0 bridgehead atoms. The normalized spacial score (nSPS) is 11.3. The number of nitriles is 1. The van der Waals surface area contributed by atoms with Gasteiger partial charge in [-0.15, -0.1) is 0 Å². The summed E-state index contributed by atoms with van der Waals surface area (Å²) in [5, 5.41) is 20.7. The first-order chi connectivity index (χ1) is 11.0. The topological polar surface area (TPSA) is 103 Å². The lowest BCUT2D eigenvalue weighted by atomic mass is 10.1. The molecule has 0 radical (unpaired) electrons. The van der Waals surface area contributed by atoms with Crippen LogP contribution in [0.4, 0.5) is 0 Å². The monoisotopic (exact) mass is 329 g/mol. The van der Waals surface area contributed by atoms with Crippen LogP contribution in [0.5, 0.6) is 0 Å². The van der Waals surface area contributed by atoms with E-state index in [4.69, 9.17) is 16.9 Å². The number of aromatic nitrogens is 1. The first-order valence-corrected chi connectivity index (χ1v) is 7.01. The largest absolute Gasteiger partial charge is 0.480 e. The zero-order chi connectivity index (χ0) is 16.8. The summed E-state index contributed by atoms with van der Waals surface area (Å²) in [5.74, 6) is -1.68. The van der Waals surface area contributed by atoms with Gasteiger partial charge in [-0.2, -0.15) is 5.26 Å². The number of carboxylic acids is 1. The van der Waals surface area contributed by atoms with Crippen LogP contribution in [0, 0.1) is 11.3 Å². The number of rotatable bonds is 5. The Labute approximate surface area is 137 Å². The van der Waals surface area contributed by atoms with Crippen LogP contribution in [0.3, 0.4) is 0 Å². The van der Waals surface area contributed by atoms with Gasteiger partial charge in [0.15, 0.2) is 0 Å². The third-order valence-corrected chi connectivity index (χ3v) is 3.33. The molecule has 0 saturated heterocycles. The van der Waals surface area contributed by atoms with Crippen LogP contribution in [0.1, 0.15) is 21.5 Å². The zero-order valence-corrected chi connectivity index (χ0v) is 12.6. The molecule has 1 aromatic heterocycles. The van der Waals surface area contributed by atoms with Gasteiger partial charge in [0.25, 0.3) is 5.91 Å². The molecule has 1 atom stereocenters. The fraction of sp³-hybridized carbons (Fsp3) is 0.125. The molecule has 0 aliphatic rings. The minimum Gasteiger partial charge on any atom is -0.480 e. The number of benzene rings is 1. The molecule has 0 spiro atoms. The summed E-state index contributed by atoms with van der Waals surface area (Å²) >= 11 is 5.68. The highest BCUT2D eigenvalue weighted by atomic mass is 35.5. The fourth-order valence-electron chi connectivity index (χ4n) is 1.90. The van der Waals surface area contributed by atoms with Gasteiger partial charge in [-0.3, -0.25) is 4.79 Å². The predicted octanol–water partition coefficient (Wildman–Crippen LogP) is 2.03. The van der Waals surface area contributed by atoms with Crippen molar-refractivity contribution in [3.63, 3.8) is 0 Å². The SMILES string of the molecule is N#Cc1ccc(C(=O)N[C@H](Cc2ccc(Cl)nc2)C(=O)O)cc1. The molecule has 2 rings (SSSR count). The Morgan fingerprint density at radius 1 is 1.26 bits per heavy atom. The molecule has 0 fully saturated rings. The molecule has 7 heteroatoms. The lowest BCUT2D eigenvalue weighted by molar-refractivity contribution is -0.139. The Bertz CT molecular complexity index is 752. The third-order valence-electron chi connectivity index (χ3n) is 3.11. The number of hydrogen-bond donors (Lipinski definition) is 2. The summed E-state index contributed by atoms with van der Waals surface area (Å²) in [4.78, 5) is 27.3. The maximum atomic E-state index is 12.1. The molecule has 116 valence electrons. The Hall–Kier alpha value is -2.91. The average molecular weight is 330 g/mol. The van der Waals surface area contributed by atoms with Gasteiger partial charge in [0.05, 0.1) is 11.6 Å². The summed E-state index contributed by atoms with van der Waals surface area (Å²) in [6.07, 6.45) is 1.55. The summed E-state index contributed by atoms with van der Waals surface area (Å²) in [6, 6.07) is 9.98. The molecular weight excluding hydrogens is 318 g/mol. The number of amides is 1. The van der Waals surface area contributed by atoms with E-state index in [0.717, 1.165) is 0 Å². The molecule has 0 aliphatic carbocycles. The number of carbonyl (C=O) groups is 2. The number of nitrogens with one attached hydrogen (secondary N) is 1. The van der Waals surface area contributed by atoms with Crippen molar-refractivity contribution in [2.24, 2.45) is 0 Å². The van der Waals surface area contributed by atoms with E-state index in [1.165, 1.54) is 30.5 Å². The molecule has 1 amide bonds. The Morgan fingerprint density at radius 2 is 1.96 bits per heavy atom. The molecule has 2 aromatic rings. The van der Waals surface area contributed by atoms with Gasteiger partial charge < -0.3 is 10.4 Å². The highest BCUT2D eigenvalue weighted by Crippen LogP contribution is 2.09. The maximum Gasteiger partial charge on any atom is 0.326 e. The van der Waals surface area contributed by atoms with Crippen LogP contribution >= 0.6 is 11.6 Å². The summed E-state index contributed by atoms with van der Waals surface area (Å²) in [7, 11) is 0. The second kappa shape index (κ2) is 7.38. The van der Waals surface area contributed by atoms with Crippen LogP contribution in [0.15, 0.2) is 42.6 Å². The predicted molar refractivity (Wildman–Crippen MR) is 83.0 cm³/mol. The van der Waals surface area contributed by atoms with Crippen molar-refractivity contribution in [1.29, 1.82) is 5.26 Å². The van der Waals surface area contributed by atoms with E-state index >= 15 is 0 Å². The Kier molecular flexibility index (Phi) is 5.28. The first kappa shape index (κ1) is 16.5. The van der Waals surface area contributed by atoms with Crippen molar-refractivity contribution in [3.8, 4) is 6.07 Å². The smallest absolute Gasteiger partial charge is 0.326 e. The molecular formula is C16H12ClN3O3. The molecule has 6 nitrogen and oxygen atoms in total. The van der Waals surface area contributed by atoms with Crippen LogP contribution in [0.2, 0.25) is 5.15 Å². The Morgan fingerprint density at radius 3 is 2.48 bits per heavy atom. The van der Waals surface area contributed by atoms with E-state index in [9.17, 15) is 14.7 Å².